The Morgan fingerprint density at radius 2 is 1.89 bits per heavy atom. The molecule has 2 heterocycles. The fourth-order valence-corrected chi connectivity index (χ4v) is 4.66. The minimum atomic E-state index is -0.337. The highest BCUT2D eigenvalue weighted by Crippen LogP contribution is 2.17. The number of methoxy groups -OCH3 is 1. The van der Waals surface area contributed by atoms with Gasteiger partial charge in [-0.15, -0.1) is 11.3 Å². The van der Waals surface area contributed by atoms with E-state index in [1.807, 2.05) is 13.8 Å². The lowest BCUT2D eigenvalue weighted by molar-refractivity contribution is -0.120. The number of morpholine rings is 1. The van der Waals surface area contributed by atoms with Crippen LogP contribution in [0.1, 0.15) is 36.3 Å². The summed E-state index contributed by atoms with van der Waals surface area (Å²) in [4.78, 5) is 46.3. The molecule has 0 unspecified atom stereocenters. The van der Waals surface area contributed by atoms with Crippen LogP contribution in [0.15, 0.2) is 29.6 Å². The van der Waals surface area contributed by atoms with E-state index in [2.05, 4.69) is 20.5 Å². The lowest BCUT2D eigenvalue weighted by atomic mass is 10.1. The topological polar surface area (TPSA) is 113 Å². The molecule has 0 radical (unpaired) electrons. The van der Waals surface area contributed by atoms with Gasteiger partial charge in [-0.1, -0.05) is 13.8 Å². The molecule has 1 aliphatic rings. The number of benzene rings is 1. The van der Waals surface area contributed by atoms with Crippen LogP contribution in [0.25, 0.3) is 0 Å². The van der Waals surface area contributed by atoms with Gasteiger partial charge in [-0.05, 0) is 43.1 Å². The van der Waals surface area contributed by atoms with Crippen molar-refractivity contribution in [3.8, 4) is 5.75 Å². The number of hydrogen-bond acceptors (Lipinski definition) is 8. The van der Waals surface area contributed by atoms with Crippen molar-refractivity contribution in [2.75, 3.05) is 64.9 Å². The van der Waals surface area contributed by atoms with Gasteiger partial charge in [-0.2, -0.15) is 0 Å². The number of nitrogens with one attached hydrogen (secondary N) is 2. The Bertz CT molecular complexity index is 1020. The maximum atomic E-state index is 13.0. The molecule has 37 heavy (non-hydrogen) atoms. The maximum Gasteiger partial charge on any atom is 0.254 e. The van der Waals surface area contributed by atoms with Crippen LogP contribution in [0.5, 0.6) is 5.75 Å². The van der Waals surface area contributed by atoms with Crippen molar-refractivity contribution in [3.05, 3.63) is 40.9 Å². The van der Waals surface area contributed by atoms with E-state index in [4.69, 9.17) is 9.47 Å². The summed E-state index contributed by atoms with van der Waals surface area (Å²) in [6.45, 7) is 9.28. The zero-order valence-electron chi connectivity index (χ0n) is 21.8. The van der Waals surface area contributed by atoms with Crippen LogP contribution >= 0.6 is 11.3 Å². The van der Waals surface area contributed by atoms with Gasteiger partial charge in [0, 0.05) is 37.1 Å². The van der Waals surface area contributed by atoms with Gasteiger partial charge in [-0.3, -0.25) is 19.3 Å². The molecule has 1 aromatic heterocycles. The van der Waals surface area contributed by atoms with Gasteiger partial charge in [0.2, 0.25) is 11.8 Å². The third-order valence-electron chi connectivity index (χ3n) is 5.76. The molecule has 0 spiro atoms. The van der Waals surface area contributed by atoms with Gasteiger partial charge < -0.3 is 25.0 Å². The van der Waals surface area contributed by atoms with Crippen molar-refractivity contribution in [1.29, 1.82) is 0 Å². The Morgan fingerprint density at radius 3 is 2.57 bits per heavy atom. The molecule has 1 aliphatic heterocycles. The molecule has 3 amide bonds. The van der Waals surface area contributed by atoms with Crippen LogP contribution in [-0.2, 0) is 20.7 Å². The van der Waals surface area contributed by atoms with Crippen LogP contribution in [0.2, 0.25) is 0 Å². The lowest BCUT2D eigenvalue weighted by Gasteiger charge is -2.26. The second kappa shape index (κ2) is 14.7. The SMILES string of the molecule is COc1ccc(C(=O)N(CC(=O)Nc2nc(CC(=O)NCCCN3CCOCC3)cs2)CC(C)C)cc1. The van der Waals surface area contributed by atoms with Crippen molar-refractivity contribution in [3.63, 3.8) is 0 Å². The summed E-state index contributed by atoms with van der Waals surface area (Å²) < 4.78 is 10.5. The largest absolute Gasteiger partial charge is 0.497 e. The molecule has 0 atom stereocenters. The first-order valence-electron chi connectivity index (χ1n) is 12.6. The number of rotatable bonds is 13. The van der Waals surface area contributed by atoms with E-state index in [0.29, 0.717) is 35.2 Å². The minimum absolute atomic E-state index is 0.0957. The maximum absolute atomic E-state index is 13.0. The Labute approximate surface area is 222 Å². The molecule has 10 nitrogen and oxygen atoms in total. The first-order valence-corrected chi connectivity index (χ1v) is 13.5. The van der Waals surface area contributed by atoms with E-state index in [-0.39, 0.29) is 36.6 Å². The fraction of sp³-hybridized carbons (Fsp3) is 0.538. The normalized spacial score (nSPS) is 13.8. The molecular weight excluding hydrogens is 494 g/mol. The number of hydrogen-bond donors (Lipinski definition) is 2. The standard InChI is InChI=1S/C26H37N5O5S/c1-19(2)16-31(25(34)20-5-7-22(35-3)8-6-20)17-24(33)29-26-28-21(18-37-26)15-23(32)27-9-4-10-30-11-13-36-14-12-30/h5-8,18-19H,4,9-17H2,1-3H3,(H,27,32)(H,28,29,33). The summed E-state index contributed by atoms with van der Waals surface area (Å²) in [6.07, 6.45) is 1.03. The van der Waals surface area contributed by atoms with Crippen LogP contribution < -0.4 is 15.4 Å². The number of nitrogens with zero attached hydrogens (tertiary/aromatic N) is 3. The zero-order chi connectivity index (χ0) is 26.6. The van der Waals surface area contributed by atoms with E-state index in [1.165, 1.54) is 16.2 Å². The molecule has 0 aliphatic carbocycles. The molecule has 3 rings (SSSR count). The summed E-state index contributed by atoms with van der Waals surface area (Å²) in [5.41, 5.74) is 1.08. The molecule has 0 saturated carbocycles. The fourth-order valence-electron chi connectivity index (χ4n) is 3.94. The van der Waals surface area contributed by atoms with Gasteiger partial charge in [0.05, 0.1) is 32.4 Å². The molecule has 2 N–H and O–H groups in total. The highest BCUT2D eigenvalue weighted by atomic mass is 32.1. The molecular formula is C26H37N5O5S. The van der Waals surface area contributed by atoms with Gasteiger partial charge in [-0.25, -0.2) is 4.98 Å². The number of anilines is 1. The summed E-state index contributed by atoms with van der Waals surface area (Å²) in [7, 11) is 1.57. The average molecular weight is 532 g/mol. The molecule has 1 fully saturated rings. The van der Waals surface area contributed by atoms with E-state index < -0.39 is 0 Å². The zero-order valence-corrected chi connectivity index (χ0v) is 22.6. The highest BCUT2D eigenvalue weighted by Gasteiger charge is 2.21. The van der Waals surface area contributed by atoms with E-state index in [1.54, 1.807) is 36.8 Å². The second-order valence-electron chi connectivity index (χ2n) is 9.33. The summed E-state index contributed by atoms with van der Waals surface area (Å²) in [5.74, 6) is 0.186. The Balaban J connectivity index is 1.45. The number of thiazole rings is 1. The van der Waals surface area contributed by atoms with Crippen molar-refractivity contribution in [2.45, 2.75) is 26.7 Å². The Kier molecular flexibility index (Phi) is 11.3. The predicted molar refractivity (Wildman–Crippen MR) is 143 cm³/mol. The van der Waals surface area contributed by atoms with Gasteiger partial charge >= 0.3 is 0 Å². The first-order chi connectivity index (χ1) is 17.8. The van der Waals surface area contributed by atoms with Crippen molar-refractivity contribution >= 4 is 34.2 Å². The van der Waals surface area contributed by atoms with E-state index in [0.717, 1.165) is 39.3 Å². The quantitative estimate of drug-likeness (QED) is 0.381. The van der Waals surface area contributed by atoms with Crippen molar-refractivity contribution < 1.29 is 23.9 Å². The van der Waals surface area contributed by atoms with Gasteiger partial charge in [0.25, 0.3) is 5.91 Å². The molecule has 202 valence electrons. The summed E-state index contributed by atoms with van der Waals surface area (Å²) in [5, 5.41) is 7.85. The van der Waals surface area contributed by atoms with Crippen LogP contribution in [-0.4, -0.2) is 92.1 Å². The first kappa shape index (κ1) is 28.5. The Hall–Kier alpha value is -3.02. The molecule has 1 aromatic carbocycles. The summed E-state index contributed by atoms with van der Waals surface area (Å²) in [6, 6.07) is 6.82. The number of carbonyl (C=O) groups is 3. The van der Waals surface area contributed by atoms with Crippen LogP contribution in [0, 0.1) is 5.92 Å². The second-order valence-corrected chi connectivity index (χ2v) is 10.2. The molecule has 2 aromatic rings. The highest BCUT2D eigenvalue weighted by molar-refractivity contribution is 7.13. The molecule has 0 bridgehead atoms. The van der Waals surface area contributed by atoms with Crippen LogP contribution in [0.4, 0.5) is 5.13 Å². The van der Waals surface area contributed by atoms with Crippen molar-refractivity contribution in [2.24, 2.45) is 5.92 Å². The monoisotopic (exact) mass is 531 g/mol. The van der Waals surface area contributed by atoms with Crippen LogP contribution in [0.3, 0.4) is 0 Å². The third kappa shape index (κ3) is 9.75. The number of ether oxygens (including phenoxy) is 2. The average Bonchev–Trinajstić information content (AvgIpc) is 3.32. The van der Waals surface area contributed by atoms with E-state index in [9.17, 15) is 14.4 Å². The lowest BCUT2D eigenvalue weighted by Crippen LogP contribution is -2.40. The van der Waals surface area contributed by atoms with E-state index >= 15 is 0 Å². The predicted octanol–water partition coefficient (Wildman–Crippen LogP) is 2.27. The third-order valence-corrected chi connectivity index (χ3v) is 6.57. The number of amides is 3. The number of aromatic nitrogens is 1. The minimum Gasteiger partial charge on any atom is -0.497 e. The summed E-state index contributed by atoms with van der Waals surface area (Å²) >= 11 is 1.26. The molecule has 1 saturated heterocycles. The molecule has 11 heteroatoms. The van der Waals surface area contributed by atoms with Gasteiger partial charge in [0.1, 0.15) is 12.3 Å². The smallest absolute Gasteiger partial charge is 0.254 e. The van der Waals surface area contributed by atoms with Crippen molar-refractivity contribution in [1.82, 2.24) is 20.1 Å². The van der Waals surface area contributed by atoms with Gasteiger partial charge in [0.15, 0.2) is 5.13 Å². The Morgan fingerprint density at radius 1 is 1.16 bits per heavy atom. The number of carbonyl (C=O) groups excluding carboxylic acids is 3.